The summed E-state index contributed by atoms with van der Waals surface area (Å²) in [7, 11) is 6.15. The number of phenolic OH excluding ortho intramolecular Hbond substituents is 2. The first-order valence-electron chi connectivity index (χ1n) is 13.4. The predicted octanol–water partition coefficient (Wildman–Crippen LogP) is 4.36. The Labute approximate surface area is 241 Å². The van der Waals surface area contributed by atoms with Gasteiger partial charge in [0.15, 0.2) is 6.10 Å². The van der Waals surface area contributed by atoms with Gasteiger partial charge in [-0.3, -0.25) is 4.79 Å². The van der Waals surface area contributed by atoms with Gasteiger partial charge in [-0.05, 0) is 37.8 Å². The van der Waals surface area contributed by atoms with E-state index in [1.54, 1.807) is 46.3 Å². The summed E-state index contributed by atoms with van der Waals surface area (Å²) in [6.45, 7) is 7.29. The van der Waals surface area contributed by atoms with Crippen LogP contribution in [-0.2, 0) is 28.5 Å². The normalized spacial score (nSPS) is 31.7. The zero-order chi connectivity index (χ0) is 30.9. The minimum Gasteiger partial charge on any atom is -0.508 e. The molecule has 2 amide bonds. The molecule has 0 unspecified atom stereocenters. The van der Waals surface area contributed by atoms with E-state index in [2.05, 4.69) is 5.32 Å². The number of carbonyl (C=O) groups excluding carboxylic acids is 2. The molecule has 0 aliphatic carbocycles. The molecule has 2 bridgehead atoms. The number of hydrogen-bond acceptors (Lipinski definition) is 9. The third-order valence-electron chi connectivity index (χ3n) is 7.31. The first-order chi connectivity index (χ1) is 19.4. The second-order valence-corrected chi connectivity index (χ2v) is 10.3. The Balaban J connectivity index is 2.71. The number of anilines is 1. The molecule has 7 atom stereocenters. The topological polar surface area (TPSA) is 159 Å². The first kappa shape index (κ1) is 33.8. The van der Waals surface area contributed by atoms with Gasteiger partial charge in [-0.15, -0.1) is 0 Å². The van der Waals surface area contributed by atoms with Crippen molar-refractivity contribution in [1.82, 2.24) is 0 Å². The molecule has 1 aliphatic heterocycles. The average molecular weight is 577 g/mol. The average Bonchev–Trinajstić information content (AvgIpc) is 2.91. The number of carbonyl (C=O) groups is 2. The molecular formula is C30H44N2O9. The van der Waals surface area contributed by atoms with Gasteiger partial charge in [0, 0.05) is 51.6 Å². The van der Waals surface area contributed by atoms with E-state index in [1.165, 1.54) is 26.4 Å². The number of amides is 2. The van der Waals surface area contributed by atoms with Crippen LogP contribution >= 0.6 is 0 Å². The van der Waals surface area contributed by atoms with Crippen LogP contribution in [0, 0.1) is 11.8 Å². The van der Waals surface area contributed by atoms with Crippen LogP contribution in [0.1, 0.15) is 45.8 Å². The maximum atomic E-state index is 12.9. The number of rotatable bonds is 5. The summed E-state index contributed by atoms with van der Waals surface area (Å²) in [5.41, 5.74) is 6.71. The number of ether oxygens (including phenoxy) is 5. The molecule has 228 valence electrons. The standard InChI is InChI=1S/C30H44N2O9/c1-16-10-9-11-23(37-5)28(41-30(31)36)18(3)12-17(2)27(40-8)24(38-6)13-19(4)26(39-7)21-14-20(33)15-22(25(21)34)32-29(16)35/h9-12,14-15,17,19,23-24,26-28,33-34H,13H2,1-8H3,(H2,31,36)(H,32,35)/b11-9-,16-10-,18-12-/t17-,19-,23-,24-,26+,27+,28-/m0/s1. The van der Waals surface area contributed by atoms with E-state index >= 15 is 0 Å². The van der Waals surface area contributed by atoms with Crippen LogP contribution in [0.5, 0.6) is 11.5 Å². The highest BCUT2D eigenvalue weighted by Gasteiger charge is 2.33. The fourth-order valence-electron chi connectivity index (χ4n) is 5.24. The number of allylic oxidation sites excluding steroid dienone is 2. The van der Waals surface area contributed by atoms with Gasteiger partial charge >= 0.3 is 6.09 Å². The van der Waals surface area contributed by atoms with Crippen molar-refractivity contribution in [1.29, 1.82) is 0 Å². The van der Waals surface area contributed by atoms with Crippen LogP contribution in [0.4, 0.5) is 10.5 Å². The number of aromatic hydroxyl groups is 2. The number of primary amides is 1. The maximum Gasteiger partial charge on any atom is 0.405 e. The summed E-state index contributed by atoms with van der Waals surface area (Å²) in [5.74, 6) is -1.30. The number of nitrogens with two attached hydrogens (primary N) is 1. The third-order valence-corrected chi connectivity index (χ3v) is 7.31. The van der Waals surface area contributed by atoms with E-state index in [0.717, 1.165) is 0 Å². The van der Waals surface area contributed by atoms with E-state index in [-0.39, 0.29) is 29.0 Å². The molecule has 0 fully saturated rings. The third kappa shape index (κ3) is 8.80. The van der Waals surface area contributed by atoms with Crippen molar-refractivity contribution in [2.24, 2.45) is 17.6 Å². The van der Waals surface area contributed by atoms with Crippen molar-refractivity contribution in [3.8, 4) is 11.5 Å². The molecule has 1 heterocycles. The Morgan fingerprint density at radius 3 is 2.24 bits per heavy atom. The Hall–Kier alpha value is -3.38. The molecule has 1 aliphatic rings. The van der Waals surface area contributed by atoms with Crippen molar-refractivity contribution >= 4 is 17.7 Å². The van der Waals surface area contributed by atoms with Gasteiger partial charge in [-0.25, -0.2) is 4.79 Å². The van der Waals surface area contributed by atoms with E-state index in [9.17, 15) is 19.8 Å². The lowest BCUT2D eigenvalue weighted by atomic mass is 9.86. The molecule has 1 aromatic carbocycles. The van der Waals surface area contributed by atoms with Gasteiger partial charge < -0.3 is 44.9 Å². The van der Waals surface area contributed by atoms with Crippen LogP contribution in [0.15, 0.2) is 47.6 Å². The molecule has 2 rings (SSSR count). The Kier molecular flexibility index (Phi) is 12.8. The van der Waals surface area contributed by atoms with Crippen LogP contribution in [-0.4, -0.2) is 75.1 Å². The summed E-state index contributed by atoms with van der Waals surface area (Å²) in [4.78, 5) is 24.7. The van der Waals surface area contributed by atoms with E-state index < -0.39 is 42.5 Å². The van der Waals surface area contributed by atoms with Crippen molar-refractivity contribution in [3.05, 3.63) is 53.1 Å². The van der Waals surface area contributed by atoms with Gasteiger partial charge in [0.05, 0.1) is 24.0 Å². The Morgan fingerprint density at radius 2 is 1.68 bits per heavy atom. The highest BCUT2D eigenvalue weighted by Crippen LogP contribution is 2.41. The van der Waals surface area contributed by atoms with Crippen molar-refractivity contribution in [3.63, 3.8) is 0 Å². The SMILES string of the molecule is CO[C@H]1[C@@H](OC)C[C@H](C)[C@@H](OC)c2cc(O)cc(c2O)NC(=O)/C(C)=C\C=C/[C@H](OC)[C@@H](OC(N)=O)/C(C)=C\[C@@H]1C. The Morgan fingerprint density at radius 1 is 1.00 bits per heavy atom. The number of methoxy groups -OCH3 is 4. The van der Waals surface area contributed by atoms with E-state index in [1.807, 2.05) is 19.9 Å². The zero-order valence-electron chi connectivity index (χ0n) is 25.0. The second-order valence-electron chi connectivity index (χ2n) is 10.3. The smallest absolute Gasteiger partial charge is 0.405 e. The molecular weight excluding hydrogens is 532 g/mol. The van der Waals surface area contributed by atoms with Crippen LogP contribution < -0.4 is 11.1 Å². The number of fused-ring (bicyclic) bond motifs is 2. The molecule has 0 spiro atoms. The first-order valence-corrected chi connectivity index (χ1v) is 13.4. The molecule has 0 aromatic heterocycles. The second kappa shape index (κ2) is 15.6. The minimum atomic E-state index is -0.961. The minimum absolute atomic E-state index is 0.0325. The number of nitrogens with one attached hydrogen (secondary N) is 1. The molecule has 0 saturated carbocycles. The highest BCUT2D eigenvalue weighted by atomic mass is 16.6. The largest absolute Gasteiger partial charge is 0.508 e. The van der Waals surface area contributed by atoms with Gasteiger partial charge in [0.25, 0.3) is 5.91 Å². The summed E-state index contributed by atoms with van der Waals surface area (Å²) in [5, 5.41) is 24.2. The van der Waals surface area contributed by atoms with Gasteiger partial charge in [0.1, 0.15) is 17.6 Å². The fraction of sp³-hybridized carbons (Fsp3) is 0.533. The number of hydrogen-bond donors (Lipinski definition) is 4. The van der Waals surface area contributed by atoms with Gasteiger partial charge in [-0.1, -0.05) is 38.2 Å². The molecule has 1 aromatic rings. The zero-order valence-corrected chi connectivity index (χ0v) is 25.0. The molecule has 11 nitrogen and oxygen atoms in total. The summed E-state index contributed by atoms with van der Waals surface area (Å²) >= 11 is 0. The van der Waals surface area contributed by atoms with Crippen LogP contribution in [0.3, 0.4) is 0 Å². The monoisotopic (exact) mass is 576 g/mol. The summed E-state index contributed by atoms with van der Waals surface area (Å²) < 4.78 is 28.6. The highest BCUT2D eigenvalue weighted by molar-refractivity contribution is 6.04. The van der Waals surface area contributed by atoms with Crippen molar-refractivity contribution in [2.75, 3.05) is 33.8 Å². The lowest BCUT2D eigenvalue weighted by Gasteiger charge is -2.33. The van der Waals surface area contributed by atoms with E-state index in [0.29, 0.717) is 23.1 Å². The van der Waals surface area contributed by atoms with Gasteiger partial charge in [-0.2, -0.15) is 0 Å². The molecule has 11 heteroatoms. The maximum absolute atomic E-state index is 12.9. The quantitative estimate of drug-likeness (QED) is 0.227. The van der Waals surface area contributed by atoms with Crippen LogP contribution in [0.2, 0.25) is 0 Å². The molecule has 0 radical (unpaired) electrons. The van der Waals surface area contributed by atoms with Crippen molar-refractivity contribution < 1.29 is 43.5 Å². The summed E-state index contributed by atoms with van der Waals surface area (Å²) in [6, 6.07) is 2.68. The van der Waals surface area contributed by atoms with Crippen LogP contribution in [0.25, 0.3) is 0 Å². The molecule has 41 heavy (non-hydrogen) atoms. The molecule has 5 N–H and O–H groups in total. The summed E-state index contributed by atoms with van der Waals surface area (Å²) in [6.07, 6.45) is 3.14. The molecule has 0 saturated heterocycles. The predicted molar refractivity (Wildman–Crippen MR) is 155 cm³/mol. The lowest BCUT2D eigenvalue weighted by Crippen LogP contribution is -2.38. The lowest BCUT2D eigenvalue weighted by molar-refractivity contribution is -0.112. The number of benzene rings is 1. The van der Waals surface area contributed by atoms with Crippen molar-refractivity contribution in [2.45, 2.75) is 64.6 Å². The van der Waals surface area contributed by atoms with Gasteiger partial charge in [0.2, 0.25) is 0 Å². The Bertz CT molecular complexity index is 1150. The van der Waals surface area contributed by atoms with E-state index in [4.69, 9.17) is 29.4 Å². The fourth-order valence-corrected chi connectivity index (χ4v) is 5.24. The number of phenols is 2.